The lowest BCUT2D eigenvalue weighted by Crippen LogP contribution is -2.33. The summed E-state index contributed by atoms with van der Waals surface area (Å²) in [6.45, 7) is 1.44. The second-order valence-electron chi connectivity index (χ2n) is 8.49. The molecular formula is C26H28ClN3O5. The highest BCUT2D eigenvalue weighted by Gasteiger charge is 2.24. The Morgan fingerprint density at radius 3 is 2.40 bits per heavy atom. The molecule has 9 heteroatoms. The number of aliphatic hydroxyl groups is 2. The van der Waals surface area contributed by atoms with Crippen molar-refractivity contribution in [1.82, 2.24) is 9.88 Å². The van der Waals surface area contributed by atoms with Crippen molar-refractivity contribution in [2.75, 3.05) is 13.2 Å². The Hall–Kier alpha value is -3.33. The minimum absolute atomic E-state index is 0.0596. The first kappa shape index (κ1) is 26.3. The fourth-order valence-electron chi connectivity index (χ4n) is 3.99. The number of hydrogen-bond acceptors (Lipinski definition) is 6. The third-order valence-corrected chi connectivity index (χ3v) is 6.21. The van der Waals surface area contributed by atoms with Gasteiger partial charge >= 0.3 is 0 Å². The maximum atomic E-state index is 12.4. The van der Waals surface area contributed by atoms with E-state index in [-0.39, 0.29) is 23.9 Å². The number of aryl methyl sites for hydroxylation is 2. The van der Waals surface area contributed by atoms with Gasteiger partial charge in [-0.1, -0.05) is 35.0 Å². The minimum Gasteiger partial charge on any atom is -0.394 e. The van der Waals surface area contributed by atoms with E-state index in [1.165, 1.54) is 10.6 Å². The van der Waals surface area contributed by atoms with Gasteiger partial charge in [-0.2, -0.15) is 4.91 Å². The van der Waals surface area contributed by atoms with Crippen molar-refractivity contribution < 1.29 is 15.0 Å². The number of benzene rings is 2. The van der Waals surface area contributed by atoms with Gasteiger partial charge in [-0.05, 0) is 65.9 Å². The molecule has 0 saturated carbocycles. The lowest BCUT2D eigenvalue weighted by Gasteiger charge is -2.23. The average molecular weight is 498 g/mol. The highest BCUT2D eigenvalue weighted by molar-refractivity contribution is 6.30. The molecule has 3 unspecified atom stereocenters. The van der Waals surface area contributed by atoms with Gasteiger partial charge in [0.2, 0.25) is 5.56 Å². The van der Waals surface area contributed by atoms with Crippen molar-refractivity contribution in [2.45, 2.75) is 31.4 Å². The van der Waals surface area contributed by atoms with Crippen LogP contribution in [0.2, 0.25) is 5.02 Å². The van der Waals surface area contributed by atoms with Crippen LogP contribution in [0.1, 0.15) is 51.0 Å². The van der Waals surface area contributed by atoms with Crippen LogP contribution in [-0.2, 0) is 7.05 Å². The molecule has 3 rings (SSSR count). The monoisotopic (exact) mass is 497 g/mol. The van der Waals surface area contributed by atoms with Crippen LogP contribution < -0.4 is 10.9 Å². The van der Waals surface area contributed by atoms with Crippen LogP contribution in [-0.4, -0.2) is 39.9 Å². The molecule has 0 fully saturated rings. The van der Waals surface area contributed by atoms with Crippen LogP contribution in [0.5, 0.6) is 0 Å². The smallest absolute Gasteiger partial charge is 0.251 e. The molecule has 1 aromatic heterocycles. The number of hydrogen-bond donors (Lipinski definition) is 3. The molecule has 0 bridgehead atoms. The Labute approximate surface area is 208 Å². The maximum absolute atomic E-state index is 12.4. The number of rotatable bonds is 10. The first-order valence-electron chi connectivity index (χ1n) is 11.2. The lowest BCUT2D eigenvalue weighted by molar-refractivity contribution is 0.0802. The molecular weight excluding hydrogens is 470 g/mol. The second-order valence-corrected chi connectivity index (χ2v) is 8.93. The van der Waals surface area contributed by atoms with Gasteiger partial charge in [0.1, 0.15) is 6.04 Å². The van der Waals surface area contributed by atoms with Gasteiger partial charge < -0.3 is 20.1 Å². The molecule has 0 aliphatic rings. The first-order chi connectivity index (χ1) is 16.7. The topological polar surface area (TPSA) is 121 Å². The summed E-state index contributed by atoms with van der Waals surface area (Å²) in [5.41, 5.74) is 3.65. The third-order valence-electron chi connectivity index (χ3n) is 5.97. The van der Waals surface area contributed by atoms with Gasteiger partial charge in [0.05, 0.1) is 12.7 Å². The number of pyridine rings is 1. The van der Waals surface area contributed by atoms with Crippen molar-refractivity contribution >= 4 is 17.5 Å². The molecule has 8 nitrogen and oxygen atoms in total. The number of carbonyl (C=O) groups is 1. The number of nitroso groups, excluding NO2 is 1. The number of nitrogens with one attached hydrogen (secondary N) is 1. The summed E-state index contributed by atoms with van der Waals surface area (Å²) in [5, 5.41) is 24.9. The van der Waals surface area contributed by atoms with Crippen LogP contribution >= 0.6 is 11.6 Å². The molecule has 1 heterocycles. The zero-order valence-electron chi connectivity index (χ0n) is 19.5. The SMILES string of the molecule is Cc1cc(Cl)ccc1C(CC(N=O)c1ccc(=O)n(C)c1)c1ccc(C(=O)NCC(O)CO)cc1. The Morgan fingerprint density at radius 2 is 1.80 bits per heavy atom. The van der Waals surface area contributed by atoms with Crippen molar-refractivity contribution in [3.63, 3.8) is 0 Å². The molecule has 2 aromatic carbocycles. The summed E-state index contributed by atoms with van der Waals surface area (Å²) in [6.07, 6.45) is 0.938. The van der Waals surface area contributed by atoms with E-state index in [0.717, 1.165) is 16.7 Å². The number of amides is 1. The van der Waals surface area contributed by atoms with Crippen molar-refractivity contribution in [1.29, 1.82) is 0 Å². The van der Waals surface area contributed by atoms with E-state index in [1.54, 1.807) is 37.5 Å². The summed E-state index contributed by atoms with van der Waals surface area (Å²) in [4.78, 5) is 36.1. The highest BCUT2D eigenvalue weighted by Crippen LogP contribution is 2.37. The molecule has 0 radical (unpaired) electrons. The van der Waals surface area contributed by atoms with Crippen molar-refractivity contribution in [3.05, 3.63) is 109 Å². The quantitative estimate of drug-likeness (QED) is 0.370. The predicted octanol–water partition coefficient (Wildman–Crippen LogP) is 3.46. The molecule has 0 saturated heterocycles. The number of carbonyl (C=O) groups excluding carboxylic acids is 1. The Kier molecular flexibility index (Phi) is 8.92. The first-order valence-corrected chi connectivity index (χ1v) is 11.5. The molecule has 35 heavy (non-hydrogen) atoms. The Morgan fingerprint density at radius 1 is 1.11 bits per heavy atom. The molecule has 3 aromatic rings. The summed E-state index contributed by atoms with van der Waals surface area (Å²) >= 11 is 6.17. The molecule has 3 atom stereocenters. The summed E-state index contributed by atoms with van der Waals surface area (Å²) < 4.78 is 1.41. The number of nitrogens with zero attached hydrogens (tertiary/aromatic N) is 2. The van der Waals surface area contributed by atoms with E-state index < -0.39 is 18.8 Å². The normalized spacial score (nSPS) is 13.6. The van der Waals surface area contributed by atoms with Gasteiger partial charge in [-0.15, -0.1) is 0 Å². The molecule has 184 valence electrons. The standard InChI is InChI=1S/C26H28ClN3O5/c1-16-11-20(27)8-9-22(16)23(12-24(29-35)19-7-10-25(33)30(2)14-19)17-3-5-18(6-4-17)26(34)28-13-21(32)15-31/h3-11,14,21,23-24,31-32H,12-13,15H2,1-2H3,(H,28,34). The highest BCUT2D eigenvalue weighted by atomic mass is 35.5. The summed E-state index contributed by atoms with van der Waals surface area (Å²) in [5.74, 6) is -0.610. The zero-order chi connectivity index (χ0) is 25.5. The molecule has 1 amide bonds. The second kappa shape index (κ2) is 11.9. The van der Waals surface area contributed by atoms with Gasteiger partial charge in [0, 0.05) is 42.4 Å². The molecule has 0 spiro atoms. The van der Waals surface area contributed by atoms with Crippen LogP contribution in [0.25, 0.3) is 0 Å². The van der Waals surface area contributed by atoms with Crippen molar-refractivity contribution in [2.24, 2.45) is 12.2 Å². The van der Waals surface area contributed by atoms with Gasteiger partial charge in [0.25, 0.3) is 5.91 Å². The average Bonchev–Trinajstić information content (AvgIpc) is 2.85. The molecule has 3 N–H and O–H groups in total. The molecule has 0 aliphatic carbocycles. The fourth-order valence-corrected chi connectivity index (χ4v) is 4.22. The third kappa shape index (κ3) is 6.63. The van der Waals surface area contributed by atoms with Gasteiger partial charge in [-0.3, -0.25) is 9.59 Å². The summed E-state index contributed by atoms with van der Waals surface area (Å²) in [6, 6.07) is 14.9. The van der Waals surface area contributed by atoms with E-state index in [0.29, 0.717) is 22.6 Å². The van der Waals surface area contributed by atoms with Crippen LogP contribution in [0.4, 0.5) is 0 Å². The van der Waals surface area contributed by atoms with E-state index >= 15 is 0 Å². The van der Waals surface area contributed by atoms with E-state index in [9.17, 15) is 19.6 Å². The van der Waals surface area contributed by atoms with Crippen LogP contribution in [0.15, 0.2) is 70.8 Å². The summed E-state index contributed by atoms with van der Waals surface area (Å²) in [7, 11) is 1.62. The lowest BCUT2D eigenvalue weighted by atomic mass is 9.82. The largest absolute Gasteiger partial charge is 0.394 e. The maximum Gasteiger partial charge on any atom is 0.251 e. The fraction of sp³-hybridized carbons (Fsp3) is 0.308. The zero-order valence-corrected chi connectivity index (χ0v) is 20.3. The number of halogens is 1. The number of aromatic nitrogens is 1. The van der Waals surface area contributed by atoms with Crippen LogP contribution in [0, 0.1) is 11.8 Å². The van der Waals surface area contributed by atoms with E-state index in [2.05, 4.69) is 10.5 Å². The Balaban J connectivity index is 1.94. The van der Waals surface area contributed by atoms with Crippen LogP contribution in [0.3, 0.4) is 0 Å². The van der Waals surface area contributed by atoms with Gasteiger partial charge in [0.15, 0.2) is 0 Å². The van der Waals surface area contributed by atoms with Gasteiger partial charge in [-0.25, -0.2) is 0 Å². The Bertz CT molecular complexity index is 1240. The number of aliphatic hydroxyl groups excluding tert-OH is 2. The predicted molar refractivity (Wildman–Crippen MR) is 135 cm³/mol. The molecule has 0 aliphatic heterocycles. The minimum atomic E-state index is -1.03. The van der Waals surface area contributed by atoms with E-state index in [1.807, 2.05) is 31.2 Å². The van der Waals surface area contributed by atoms with E-state index in [4.69, 9.17) is 16.7 Å². The van der Waals surface area contributed by atoms with Crippen molar-refractivity contribution in [3.8, 4) is 0 Å².